The van der Waals surface area contributed by atoms with E-state index in [9.17, 15) is 26.4 Å². The average molecular weight is 548 g/mol. The van der Waals surface area contributed by atoms with Crippen LogP contribution in [0.25, 0.3) is 10.9 Å². The van der Waals surface area contributed by atoms with Crippen LogP contribution in [0.3, 0.4) is 0 Å². The molecule has 0 atom stereocenters. The lowest BCUT2D eigenvalue weighted by Crippen LogP contribution is -2.29. The number of rotatable bonds is 8. The maximum atomic E-state index is 13.1. The highest BCUT2D eigenvalue weighted by molar-refractivity contribution is 7.91. The van der Waals surface area contributed by atoms with Crippen molar-refractivity contribution in [2.24, 2.45) is 11.8 Å². The van der Waals surface area contributed by atoms with Gasteiger partial charge in [-0.2, -0.15) is 18.3 Å². The highest BCUT2D eigenvalue weighted by atomic mass is 32.2. The normalized spacial score (nSPS) is 20.5. The zero-order chi connectivity index (χ0) is 27.1. The average Bonchev–Trinajstić information content (AvgIpc) is 3.67. The number of amides is 1. The zero-order valence-corrected chi connectivity index (χ0v) is 22.1. The molecule has 2 saturated carbocycles. The monoisotopic (exact) mass is 547 g/mol. The van der Waals surface area contributed by atoms with Gasteiger partial charge in [-0.3, -0.25) is 9.48 Å². The van der Waals surface area contributed by atoms with E-state index in [1.807, 2.05) is 10.7 Å². The summed E-state index contributed by atoms with van der Waals surface area (Å²) in [5, 5.41) is 8.67. The summed E-state index contributed by atoms with van der Waals surface area (Å²) in [7, 11) is -3.27. The minimum absolute atomic E-state index is 0.0307. The van der Waals surface area contributed by atoms with E-state index in [1.54, 1.807) is 43.3 Å². The molecule has 2 aliphatic carbocycles. The third kappa shape index (κ3) is 5.75. The number of halogens is 3. The van der Waals surface area contributed by atoms with Crippen LogP contribution in [-0.4, -0.2) is 36.0 Å². The van der Waals surface area contributed by atoms with Gasteiger partial charge in [-0.1, -0.05) is 25.1 Å². The Balaban J connectivity index is 1.27. The molecule has 1 heterocycles. The Morgan fingerprint density at radius 3 is 2.32 bits per heavy atom. The van der Waals surface area contributed by atoms with Crippen molar-refractivity contribution >= 4 is 26.6 Å². The molecular weight excluding hydrogens is 515 g/mol. The van der Waals surface area contributed by atoms with Gasteiger partial charge >= 0.3 is 6.18 Å². The Morgan fingerprint density at radius 2 is 1.71 bits per heavy atom. The molecule has 0 spiro atoms. The van der Waals surface area contributed by atoms with Gasteiger partial charge in [-0.15, -0.1) is 0 Å². The molecule has 1 amide bonds. The second kappa shape index (κ2) is 10.4. The molecule has 0 unspecified atom stereocenters. The Kier molecular flexibility index (Phi) is 7.28. The van der Waals surface area contributed by atoms with Crippen molar-refractivity contribution in [2.45, 2.75) is 75.5 Å². The zero-order valence-electron chi connectivity index (χ0n) is 21.3. The van der Waals surface area contributed by atoms with Crippen LogP contribution in [-0.2, 0) is 22.9 Å². The molecular formula is C28H32F3N3O3S. The van der Waals surface area contributed by atoms with E-state index >= 15 is 0 Å². The molecule has 2 aliphatic rings. The first-order chi connectivity index (χ1) is 18.0. The van der Waals surface area contributed by atoms with Crippen molar-refractivity contribution in [3.05, 3.63) is 59.3 Å². The van der Waals surface area contributed by atoms with Gasteiger partial charge < -0.3 is 5.32 Å². The van der Waals surface area contributed by atoms with Gasteiger partial charge in [0.25, 0.3) is 5.91 Å². The van der Waals surface area contributed by atoms with Crippen LogP contribution in [0.1, 0.15) is 73.0 Å². The Bertz CT molecular complexity index is 1420. The summed E-state index contributed by atoms with van der Waals surface area (Å²) < 4.78 is 65.2. The lowest BCUT2D eigenvalue weighted by atomic mass is 9.81. The van der Waals surface area contributed by atoms with Crippen molar-refractivity contribution in [3.63, 3.8) is 0 Å². The van der Waals surface area contributed by atoms with E-state index in [4.69, 9.17) is 5.10 Å². The smallest absolute Gasteiger partial charge is 0.348 e. The number of aromatic nitrogens is 2. The predicted octanol–water partition coefficient (Wildman–Crippen LogP) is 6.01. The van der Waals surface area contributed by atoms with Crippen LogP contribution < -0.4 is 5.32 Å². The Morgan fingerprint density at radius 1 is 1.03 bits per heavy atom. The number of carbonyl (C=O) groups is 1. The molecule has 2 fully saturated rings. The Labute approximate surface area is 220 Å². The van der Waals surface area contributed by atoms with Gasteiger partial charge in [0.1, 0.15) is 0 Å². The fourth-order valence-corrected chi connectivity index (χ4v) is 6.29. The summed E-state index contributed by atoms with van der Waals surface area (Å²) in [6.07, 6.45) is -0.525. The van der Waals surface area contributed by atoms with Gasteiger partial charge in [0.05, 0.1) is 22.1 Å². The summed E-state index contributed by atoms with van der Waals surface area (Å²) in [5.41, 5.74) is 3.11. The highest BCUT2D eigenvalue weighted by Gasteiger charge is 2.41. The molecule has 38 heavy (non-hydrogen) atoms. The van der Waals surface area contributed by atoms with Crippen molar-refractivity contribution in [1.29, 1.82) is 0 Å². The second-order valence-electron chi connectivity index (χ2n) is 10.6. The van der Waals surface area contributed by atoms with Gasteiger partial charge in [-0.05, 0) is 74.3 Å². The third-order valence-electron chi connectivity index (χ3n) is 7.86. The fraction of sp³-hybridized carbons (Fsp3) is 0.500. The van der Waals surface area contributed by atoms with Crippen molar-refractivity contribution in [1.82, 2.24) is 15.1 Å². The molecule has 0 saturated heterocycles. The van der Waals surface area contributed by atoms with E-state index in [-0.39, 0.29) is 41.9 Å². The first-order valence-electron chi connectivity index (χ1n) is 13.2. The summed E-state index contributed by atoms with van der Waals surface area (Å²) in [6.45, 7) is 2.46. The van der Waals surface area contributed by atoms with E-state index < -0.39 is 21.9 Å². The molecule has 2 aromatic carbocycles. The maximum absolute atomic E-state index is 13.1. The number of nitrogens with one attached hydrogen (secondary N) is 1. The molecule has 10 heteroatoms. The Hall–Kier alpha value is -2.88. The number of nitrogens with zero attached hydrogens (tertiary/aromatic N) is 2. The van der Waals surface area contributed by atoms with Crippen LogP contribution >= 0.6 is 0 Å². The molecule has 0 bridgehead atoms. The number of carbonyl (C=O) groups excluding carboxylic acids is 1. The summed E-state index contributed by atoms with van der Waals surface area (Å²) in [4.78, 5) is 13.1. The number of benzene rings is 2. The lowest BCUT2D eigenvalue weighted by molar-refractivity contribution is -0.184. The van der Waals surface area contributed by atoms with E-state index in [2.05, 4.69) is 5.32 Å². The first-order valence-corrected chi connectivity index (χ1v) is 14.9. The number of fused-ring (bicyclic) bond motifs is 1. The van der Waals surface area contributed by atoms with Crippen LogP contribution in [0, 0.1) is 11.8 Å². The largest absolute Gasteiger partial charge is 0.391 e. The molecule has 1 N–H and O–H groups in total. The number of alkyl halides is 3. The number of hydrogen-bond donors (Lipinski definition) is 1. The summed E-state index contributed by atoms with van der Waals surface area (Å²) in [6, 6.07) is 12.0. The number of hydrogen-bond acceptors (Lipinski definition) is 4. The molecule has 0 aliphatic heterocycles. The molecule has 6 nitrogen and oxygen atoms in total. The molecule has 3 aromatic rings. The van der Waals surface area contributed by atoms with Gasteiger partial charge in [-0.25, -0.2) is 8.42 Å². The van der Waals surface area contributed by atoms with Gasteiger partial charge in [0.2, 0.25) is 0 Å². The van der Waals surface area contributed by atoms with Crippen LogP contribution in [0.5, 0.6) is 0 Å². The SMILES string of the molecule is CCS(=O)(=O)c1ccc(CNC(=O)c2ccc3c(C4CC4)n(C[C@H]4CC[C@H](C(F)(F)F)CC4)nc3c2)cc1. The summed E-state index contributed by atoms with van der Waals surface area (Å²) >= 11 is 0. The lowest BCUT2D eigenvalue weighted by Gasteiger charge is -2.30. The van der Waals surface area contributed by atoms with E-state index in [1.165, 1.54) is 0 Å². The molecule has 5 rings (SSSR count). The quantitative estimate of drug-likeness (QED) is 0.375. The van der Waals surface area contributed by atoms with Crippen LogP contribution in [0.4, 0.5) is 13.2 Å². The fourth-order valence-electron chi connectivity index (χ4n) is 5.40. The van der Waals surface area contributed by atoms with Crippen molar-refractivity contribution in [3.8, 4) is 0 Å². The molecule has 0 radical (unpaired) electrons. The maximum Gasteiger partial charge on any atom is 0.391 e. The van der Waals surface area contributed by atoms with Crippen LogP contribution in [0.2, 0.25) is 0 Å². The van der Waals surface area contributed by atoms with E-state index in [0.717, 1.165) is 35.0 Å². The van der Waals surface area contributed by atoms with Gasteiger partial charge in [0, 0.05) is 35.7 Å². The van der Waals surface area contributed by atoms with Crippen molar-refractivity contribution in [2.75, 3.05) is 5.75 Å². The topological polar surface area (TPSA) is 81.1 Å². The van der Waals surface area contributed by atoms with Gasteiger partial charge in [0.15, 0.2) is 9.84 Å². The van der Waals surface area contributed by atoms with Crippen molar-refractivity contribution < 1.29 is 26.4 Å². The standard InChI is InChI=1S/C28H32F3N3O3S/c1-2-38(36,37)23-12-5-18(6-13-23)16-32-27(35)21-9-14-24-25(15-21)33-34(26(24)20-7-8-20)17-19-3-10-22(11-4-19)28(29,30)31/h5-6,9,12-15,19-20,22H,2-4,7-8,10-11,16-17H2,1H3,(H,32,35)/t19-,22-. The second-order valence-corrected chi connectivity index (χ2v) is 12.8. The molecule has 1 aromatic heterocycles. The predicted molar refractivity (Wildman–Crippen MR) is 139 cm³/mol. The minimum Gasteiger partial charge on any atom is -0.348 e. The first kappa shape index (κ1) is 26.7. The van der Waals surface area contributed by atoms with Crippen LogP contribution in [0.15, 0.2) is 47.4 Å². The summed E-state index contributed by atoms with van der Waals surface area (Å²) in [5.74, 6) is -0.845. The minimum atomic E-state index is -4.11. The van der Waals surface area contributed by atoms with E-state index in [0.29, 0.717) is 30.9 Å². The highest BCUT2D eigenvalue weighted by Crippen LogP contribution is 2.45. The number of sulfone groups is 1. The third-order valence-corrected chi connectivity index (χ3v) is 9.61. The molecule has 204 valence electrons.